The Morgan fingerprint density at radius 2 is 2.13 bits per heavy atom. The zero-order valence-corrected chi connectivity index (χ0v) is 14.8. The quantitative estimate of drug-likeness (QED) is 0.929. The molecule has 5 heteroatoms. The number of piperazine rings is 1. The van der Waals surface area contributed by atoms with Crippen LogP contribution in [0.3, 0.4) is 0 Å². The Bertz CT molecular complexity index is 665. The summed E-state index contributed by atoms with van der Waals surface area (Å²) in [5.74, 6) is 0. The molecule has 0 amide bonds. The molecular formula is C18H25ClN4. The van der Waals surface area contributed by atoms with Crippen LogP contribution in [0.2, 0.25) is 5.02 Å². The van der Waals surface area contributed by atoms with Gasteiger partial charge in [0.25, 0.3) is 0 Å². The lowest BCUT2D eigenvalue weighted by Gasteiger charge is -2.36. The predicted octanol–water partition coefficient (Wildman–Crippen LogP) is 3.57. The van der Waals surface area contributed by atoms with Crippen LogP contribution in [0.4, 0.5) is 0 Å². The van der Waals surface area contributed by atoms with Gasteiger partial charge in [-0.15, -0.1) is 0 Å². The van der Waals surface area contributed by atoms with Crippen LogP contribution in [0.1, 0.15) is 42.8 Å². The van der Waals surface area contributed by atoms with E-state index < -0.39 is 0 Å². The molecule has 0 saturated carbocycles. The lowest BCUT2D eigenvalue weighted by atomic mass is 10.0. The second-order valence-corrected chi connectivity index (χ2v) is 6.93. The summed E-state index contributed by atoms with van der Waals surface area (Å²) in [5, 5.41) is 8.98. The van der Waals surface area contributed by atoms with E-state index in [0.29, 0.717) is 12.1 Å². The van der Waals surface area contributed by atoms with E-state index in [-0.39, 0.29) is 0 Å². The molecule has 23 heavy (non-hydrogen) atoms. The maximum Gasteiger partial charge on any atom is 0.0638 e. The molecule has 3 rings (SSSR count). The molecule has 1 atom stereocenters. The van der Waals surface area contributed by atoms with Gasteiger partial charge >= 0.3 is 0 Å². The van der Waals surface area contributed by atoms with Crippen molar-refractivity contribution in [2.75, 3.05) is 19.6 Å². The number of aryl methyl sites for hydroxylation is 1. The maximum atomic E-state index is 6.43. The van der Waals surface area contributed by atoms with Crippen LogP contribution < -0.4 is 5.32 Å². The maximum absolute atomic E-state index is 6.43. The first kappa shape index (κ1) is 16.5. The monoisotopic (exact) mass is 332 g/mol. The number of nitrogens with zero attached hydrogens (tertiary/aromatic N) is 3. The molecule has 1 aromatic carbocycles. The van der Waals surface area contributed by atoms with Gasteiger partial charge < -0.3 is 5.32 Å². The summed E-state index contributed by atoms with van der Waals surface area (Å²) in [7, 11) is 0. The third-order valence-corrected chi connectivity index (χ3v) is 4.88. The minimum atomic E-state index is 0.305. The topological polar surface area (TPSA) is 33.1 Å². The molecule has 1 fully saturated rings. The summed E-state index contributed by atoms with van der Waals surface area (Å²) in [5.41, 5.74) is 3.63. The summed E-state index contributed by atoms with van der Waals surface area (Å²) >= 11 is 6.43. The molecule has 0 bridgehead atoms. The normalized spacial score (nSPS) is 19.4. The van der Waals surface area contributed by atoms with Gasteiger partial charge in [0, 0.05) is 55.0 Å². The van der Waals surface area contributed by atoms with E-state index in [9.17, 15) is 0 Å². The van der Waals surface area contributed by atoms with Gasteiger partial charge in [-0.1, -0.05) is 29.8 Å². The molecule has 1 aliphatic rings. The highest BCUT2D eigenvalue weighted by Crippen LogP contribution is 2.30. The number of hydrogen-bond donors (Lipinski definition) is 1. The molecule has 2 aromatic rings. The van der Waals surface area contributed by atoms with Gasteiger partial charge in [0.05, 0.1) is 5.69 Å². The first-order valence-electron chi connectivity index (χ1n) is 8.30. The highest BCUT2D eigenvalue weighted by Gasteiger charge is 2.26. The molecule has 0 radical (unpaired) electrons. The molecule has 1 unspecified atom stereocenters. The van der Waals surface area contributed by atoms with E-state index in [1.165, 1.54) is 11.1 Å². The fourth-order valence-electron chi connectivity index (χ4n) is 3.15. The molecule has 0 aliphatic carbocycles. The van der Waals surface area contributed by atoms with Gasteiger partial charge in [0.2, 0.25) is 0 Å². The van der Waals surface area contributed by atoms with E-state index in [4.69, 9.17) is 11.6 Å². The molecular weight excluding hydrogens is 308 g/mol. The first-order chi connectivity index (χ1) is 11.1. The highest BCUT2D eigenvalue weighted by molar-refractivity contribution is 6.31. The summed E-state index contributed by atoms with van der Waals surface area (Å²) in [6.45, 7) is 10.3. The third kappa shape index (κ3) is 3.60. The number of rotatable bonds is 4. The third-order valence-electron chi connectivity index (χ3n) is 4.54. The van der Waals surface area contributed by atoms with Crippen molar-refractivity contribution in [3.05, 3.63) is 52.3 Å². The number of benzene rings is 1. The first-order valence-corrected chi connectivity index (χ1v) is 8.68. The van der Waals surface area contributed by atoms with E-state index >= 15 is 0 Å². The fourth-order valence-corrected chi connectivity index (χ4v) is 3.41. The van der Waals surface area contributed by atoms with Crippen LogP contribution in [-0.4, -0.2) is 34.3 Å². The summed E-state index contributed by atoms with van der Waals surface area (Å²) < 4.78 is 2.05. The molecule has 0 spiro atoms. The zero-order valence-electron chi connectivity index (χ0n) is 14.1. The van der Waals surface area contributed by atoms with Gasteiger partial charge in [-0.2, -0.15) is 5.10 Å². The Balaban J connectivity index is 1.84. The number of aromatic nitrogens is 2. The number of halogens is 1. The molecule has 124 valence electrons. The minimum Gasteiger partial charge on any atom is -0.314 e. The van der Waals surface area contributed by atoms with Crippen LogP contribution in [0.15, 0.2) is 30.5 Å². The fraction of sp³-hybridized carbons (Fsp3) is 0.500. The number of hydrogen-bond acceptors (Lipinski definition) is 3. The van der Waals surface area contributed by atoms with Crippen molar-refractivity contribution in [1.82, 2.24) is 20.0 Å². The highest BCUT2D eigenvalue weighted by atomic mass is 35.5. The summed E-state index contributed by atoms with van der Waals surface area (Å²) in [6.07, 6.45) is 2.19. The van der Waals surface area contributed by atoms with Crippen LogP contribution in [0, 0.1) is 6.92 Å². The minimum absolute atomic E-state index is 0.305. The second-order valence-electron chi connectivity index (χ2n) is 6.53. The largest absolute Gasteiger partial charge is 0.314 e. The smallest absolute Gasteiger partial charge is 0.0638 e. The average molecular weight is 333 g/mol. The average Bonchev–Trinajstić information content (AvgIpc) is 2.90. The second kappa shape index (κ2) is 7.04. The molecule has 1 aromatic heterocycles. The predicted molar refractivity (Wildman–Crippen MR) is 94.8 cm³/mol. The van der Waals surface area contributed by atoms with Crippen molar-refractivity contribution in [3.8, 4) is 0 Å². The molecule has 1 saturated heterocycles. The van der Waals surface area contributed by atoms with Gasteiger partial charge in [-0.25, -0.2) is 0 Å². The van der Waals surface area contributed by atoms with Crippen molar-refractivity contribution in [1.29, 1.82) is 0 Å². The van der Waals surface area contributed by atoms with Crippen molar-refractivity contribution < 1.29 is 0 Å². The summed E-state index contributed by atoms with van der Waals surface area (Å²) in [4.78, 5) is 2.51. The lowest BCUT2D eigenvalue weighted by molar-refractivity contribution is 0.153. The van der Waals surface area contributed by atoms with Gasteiger partial charge in [-0.05, 0) is 32.4 Å². The summed E-state index contributed by atoms with van der Waals surface area (Å²) in [6, 6.07) is 8.87. The van der Waals surface area contributed by atoms with Crippen LogP contribution in [0.5, 0.6) is 0 Å². The Morgan fingerprint density at radius 3 is 2.83 bits per heavy atom. The van der Waals surface area contributed by atoms with Crippen LogP contribution >= 0.6 is 11.6 Å². The SMILES string of the molecule is Cc1nn(C(C)C)cc1CN1CCNCC1c1ccccc1Cl. The number of nitrogens with one attached hydrogen (secondary N) is 1. The Hall–Kier alpha value is -1.36. The molecule has 1 N–H and O–H groups in total. The van der Waals surface area contributed by atoms with Crippen molar-refractivity contribution in [3.63, 3.8) is 0 Å². The van der Waals surface area contributed by atoms with Gasteiger partial charge in [0.15, 0.2) is 0 Å². The van der Waals surface area contributed by atoms with Gasteiger partial charge in [0.1, 0.15) is 0 Å². The van der Waals surface area contributed by atoms with Crippen LogP contribution in [0.25, 0.3) is 0 Å². The Labute approximate surface area is 143 Å². The lowest BCUT2D eigenvalue weighted by Crippen LogP contribution is -2.45. The van der Waals surface area contributed by atoms with E-state index in [1.807, 2.05) is 12.1 Å². The van der Waals surface area contributed by atoms with Crippen LogP contribution in [-0.2, 0) is 6.54 Å². The molecule has 4 nitrogen and oxygen atoms in total. The van der Waals surface area contributed by atoms with E-state index in [0.717, 1.165) is 36.9 Å². The van der Waals surface area contributed by atoms with E-state index in [2.05, 4.69) is 59.1 Å². The van der Waals surface area contributed by atoms with Crippen molar-refractivity contribution >= 4 is 11.6 Å². The standard InChI is InChI=1S/C18H25ClN4/c1-13(2)23-12-15(14(3)21-23)11-22-9-8-20-10-18(22)16-6-4-5-7-17(16)19/h4-7,12-13,18,20H,8-11H2,1-3H3. The molecule has 2 heterocycles. The van der Waals surface area contributed by atoms with E-state index in [1.54, 1.807) is 0 Å². The zero-order chi connectivity index (χ0) is 16.4. The van der Waals surface area contributed by atoms with Gasteiger partial charge in [-0.3, -0.25) is 9.58 Å². The Kier molecular flexibility index (Phi) is 5.05. The van der Waals surface area contributed by atoms with Crippen molar-refractivity contribution in [2.45, 2.75) is 39.4 Å². The molecule has 1 aliphatic heterocycles. The Morgan fingerprint density at radius 1 is 1.35 bits per heavy atom. The van der Waals surface area contributed by atoms with Crippen molar-refractivity contribution in [2.24, 2.45) is 0 Å².